The van der Waals surface area contributed by atoms with Crippen LogP contribution in [0.2, 0.25) is 0 Å². The number of carbonyl (C=O) groups excluding carboxylic acids is 1. The van der Waals surface area contributed by atoms with Crippen molar-refractivity contribution < 1.29 is 4.79 Å². The van der Waals surface area contributed by atoms with Crippen molar-refractivity contribution in [1.82, 2.24) is 19.6 Å². The summed E-state index contributed by atoms with van der Waals surface area (Å²) >= 11 is 1.45. The zero-order valence-electron chi connectivity index (χ0n) is 17.8. The van der Waals surface area contributed by atoms with Crippen LogP contribution in [0, 0.1) is 12.3 Å². The van der Waals surface area contributed by atoms with Gasteiger partial charge in [-0.05, 0) is 25.1 Å². The van der Waals surface area contributed by atoms with E-state index in [1.165, 1.54) is 11.5 Å². The maximum absolute atomic E-state index is 12.3. The summed E-state index contributed by atoms with van der Waals surface area (Å²) in [6.45, 7) is 8.15. The van der Waals surface area contributed by atoms with Gasteiger partial charge in [-0.3, -0.25) is 4.79 Å². The maximum Gasteiger partial charge on any atom is 0.246 e. The van der Waals surface area contributed by atoms with Gasteiger partial charge in [0.15, 0.2) is 5.96 Å². The van der Waals surface area contributed by atoms with Gasteiger partial charge < -0.3 is 20.4 Å². The van der Waals surface area contributed by atoms with Gasteiger partial charge in [-0.1, -0.05) is 18.9 Å². The van der Waals surface area contributed by atoms with Gasteiger partial charge in [-0.25, -0.2) is 9.98 Å². The van der Waals surface area contributed by atoms with Gasteiger partial charge in [-0.2, -0.15) is 4.37 Å². The largest absolute Gasteiger partial charge is 0.357 e. The summed E-state index contributed by atoms with van der Waals surface area (Å²) in [5.74, 6) is 4.02. The standard InChI is InChI=1S/C21H27N7OS.HI/c1-4-16-8-7-9-17(14-16)24-19(29)15-23-20(22-6-3)27-10-12-28(13-11-27)21-25-18(5-2)26-30-21;/h1,7-9,14H,5-6,10-13,15H2,2-3H3,(H,22,23)(H,24,29);1H. The second-order valence-corrected chi connectivity index (χ2v) is 7.49. The summed E-state index contributed by atoms with van der Waals surface area (Å²) in [5.41, 5.74) is 1.40. The first kappa shape index (κ1) is 24.9. The number of halogens is 1. The number of amides is 1. The van der Waals surface area contributed by atoms with Crippen molar-refractivity contribution in [3.63, 3.8) is 0 Å². The molecule has 0 saturated carbocycles. The Kier molecular flexibility index (Phi) is 10.00. The normalized spacial score (nSPS) is 13.9. The van der Waals surface area contributed by atoms with Gasteiger partial charge in [0.25, 0.3) is 0 Å². The van der Waals surface area contributed by atoms with Crippen molar-refractivity contribution in [3.05, 3.63) is 35.7 Å². The highest BCUT2D eigenvalue weighted by Crippen LogP contribution is 2.19. The number of piperazine rings is 1. The Morgan fingerprint density at radius 2 is 2.06 bits per heavy atom. The molecule has 2 aromatic rings. The number of aryl methyl sites for hydroxylation is 1. The molecule has 0 spiro atoms. The number of aliphatic imine (C=N–C) groups is 1. The summed E-state index contributed by atoms with van der Waals surface area (Å²) in [6, 6.07) is 7.22. The molecule has 1 saturated heterocycles. The number of carbonyl (C=O) groups is 1. The minimum Gasteiger partial charge on any atom is -0.357 e. The highest BCUT2D eigenvalue weighted by atomic mass is 127. The molecular weight excluding hydrogens is 525 g/mol. The molecule has 31 heavy (non-hydrogen) atoms. The van der Waals surface area contributed by atoms with Crippen LogP contribution in [0.1, 0.15) is 25.2 Å². The average molecular weight is 553 g/mol. The molecule has 0 aliphatic carbocycles. The van der Waals surface area contributed by atoms with Crippen LogP contribution >= 0.6 is 35.5 Å². The quantitative estimate of drug-likeness (QED) is 0.248. The topological polar surface area (TPSA) is 85.8 Å². The Morgan fingerprint density at radius 1 is 1.29 bits per heavy atom. The number of hydrogen-bond acceptors (Lipinski definition) is 6. The number of nitrogens with zero attached hydrogens (tertiary/aromatic N) is 5. The highest BCUT2D eigenvalue weighted by Gasteiger charge is 2.22. The number of hydrogen-bond donors (Lipinski definition) is 2. The second kappa shape index (κ2) is 12.5. The first-order valence-corrected chi connectivity index (χ1v) is 10.9. The van der Waals surface area contributed by atoms with Crippen molar-refractivity contribution in [2.75, 3.05) is 49.5 Å². The third kappa shape index (κ3) is 7.07. The number of anilines is 2. The SMILES string of the molecule is C#Cc1cccc(NC(=O)CN=C(NCC)N2CCN(c3nc(CC)ns3)CC2)c1.I. The number of aromatic nitrogens is 2. The van der Waals surface area contributed by atoms with E-state index in [1.54, 1.807) is 6.07 Å². The fourth-order valence-corrected chi connectivity index (χ4v) is 3.89. The smallest absolute Gasteiger partial charge is 0.246 e. The minimum absolute atomic E-state index is 0. The van der Waals surface area contributed by atoms with E-state index in [-0.39, 0.29) is 36.4 Å². The molecule has 2 heterocycles. The number of nitrogens with one attached hydrogen (secondary N) is 2. The lowest BCUT2D eigenvalue weighted by molar-refractivity contribution is -0.114. The van der Waals surface area contributed by atoms with Crippen molar-refractivity contribution in [2.24, 2.45) is 4.99 Å². The van der Waals surface area contributed by atoms with Crippen molar-refractivity contribution in [3.8, 4) is 12.3 Å². The molecule has 0 atom stereocenters. The Labute approximate surface area is 204 Å². The fourth-order valence-electron chi connectivity index (χ4n) is 3.09. The summed E-state index contributed by atoms with van der Waals surface area (Å²) in [4.78, 5) is 25.9. The molecule has 8 nitrogen and oxygen atoms in total. The number of rotatable bonds is 6. The second-order valence-electron chi connectivity index (χ2n) is 6.76. The highest BCUT2D eigenvalue weighted by molar-refractivity contribution is 14.0. The molecule has 0 unspecified atom stereocenters. The van der Waals surface area contributed by atoms with Crippen LogP contribution in [0.25, 0.3) is 0 Å². The lowest BCUT2D eigenvalue weighted by atomic mass is 10.2. The minimum atomic E-state index is -0.181. The van der Waals surface area contributed by atoms with Gasteiger partial charge in [0.1, 0.15) is 12.4 Å². The van der Waals surface area contributed by atoms with Crippen LogP contribution in [0.15, 0.2) is 29.3 Å². The van der Waals surface area contributed by atoms with E-state index in [9.17, 15) is 4.79 Å². The van der Waals surface area contributed by atoms with E-state index in [0.717, 1.165) is 61.6 Å². The zero-order chi connectivity index (χ0) is 21.3. The molecule has 1 amide bonds. The predicted molar refractivity (Wildman–Crippen MR) is 137 cm³/mol. The molecule has 1 aliphatic heterocycles. The van der Waals surface area contributed by atoms with E-state index in [0.29, 0.717) is 5.69 Å². The van der Waals surface area contributed by atoms with E-state index >= 15 is 0 Å². The van der Waals surface area contributed by atoms with Gasteiger partial charge in [0.2, 0.25) is 11.0 Å². The lowest BCUT2D eigenvalue weighted by Crippen LogP contribution is -2.52. The van der Waals surface area contributed by atoms with Crippen LogP contribution in [-0.4, -0.2) is 65.4 Å². The molecule has 3 rings (SSSR count). The third-order valence-corrected chi connectivity index (χ3v) is 5.46. The van der Waals surface area contributed by atoms with E-state index in [2.05, 4.69) is 47.6 Å². The lowest BCUT2D eigenvalue weighted by Gasteiger charge is -2.36. The van der Waals surface area contributed by atoms with Crippen LogP contribution in [0.3, 0.4) is 0 Å². The summed E-state index contributed by atoms with van der Waals surface area (Å²) in [6.07, 6.45) is 6.26. The zero-order valence-corrected chi connectivity index (χ0v) is 20.9. The Bertz CT molecular complexity index is 932. The van der Waals surface area contributed by atoms with Crippen LogP contribution in [0.5, 0.6) is 0 Å². The molecule has 0 radical (unpaired) electrons. The molecule has 1 aromatic carbocycles. The van der Waals surface area contributed by atoms with Crippen molar-refractivity contribution in [1.29, 1.82) is 0 Å². The summed E-state index contributed by atoms with van der Waals surface area (Å²) in [5, 5.41) is 7.10. The monoisotopic (exact) mass is 553 g/mol. The molecule has 0 bridgehead atoms. The average Bonchev–Trinajstić information content (AvgIpc) is 3.26. The molecule has 1 aromatic heterocycles. The van der Waals surface area contributed by atoms with Gasteiger partial charge in [-0.15, -0.1) is 30.4 Å². The third-order valence-electron chi connectivity index (χ3n) is 4.64. The molecule has 1 aliphatic rings. The Balaban J connectivity index is 0.00000341. The van der Waals surface area contributed by atoms with Crippen molar-refractivity contribution in [2.45, 2.75) is 20.3 Å². The van der Waals surface area contributed by atoms with Crippen LogP contribution in [0.4, 0.5) is 10.8 Å². The first-order valence-electron chi connectivity index (χ1n) is 10.1. The first-order chi connectivity index (χ1) is 14.6. The van der Waals surface area contributed by atoms with E-state index in [4.69, 9.17) is 6.42 Å². The molecule has 1 fully saturated rings. The molecular formula is C21H28IN7OS. The molecule has 2 N–H and O–H groups in total. The van der Waals surface area contributed by atoms with Gasteiger partial charge in [0.05, 0.1) is 0 Å². The van der Waals surface area contributed by atoms with Gasteiger partial charge >= 0.3 is 0 Å². The fraction of sp³-hybridized carbons (Fsp3) is 0.429. The predicted octanol–water partition coefficient (Wildman–Crippen LogP) is 2.43. The van der Waals surface area contributed by atoms with Gasteiger partial charge in [0, 0.05) is 61.9 Å². The molecule has 10 heteroatoms. The number of benzene rings is 1. The summed E-state index contributed by atoms with van der Waals surface area (Å²) < 4.78 is 4.37. The molecule has 166 valence electrons. The maximum atomic E-state index is 12.3. The number of terminal acetylenes is 1. The summed E-state index contributed by atoms with van der Waals surface area (Å²) in [7, 11) is 0. The Morgan fingerprint density at radius 3 is 2.71 bits per heavy atom. The van der Waals surface area contributed by atoms with Crippen LogP contribution < -0.4 is 15.5 Å². The van der Waals surface area contributed by atoms with E-state index in [1.807, 2.05) is 25.1 Å². The number of guanidine groups is 1. The van der Waals surface area contributed by atoms with E-state index < -0.39 is 0 Å². The van der Waals surface area contributed by atoms with Crippen molar-refractivity contribution >= 4 is 58.2 Å². The Hall–Kier alpha value is -2.39. The van der Waals surface area contributed by atoms with Crippen LogP contribution in [-0.2, 0) is 11.2 Å².